The number of rotatable bonds is 5. The quantitative estimate of drug-likeness (QED) is 0.589. The Morgan fingerprint density at radius 1 is 0.677 bits per heavy atom. The Kier molecular flexibility index (Phi) is 6.61. The average Bonchev–Trinajstić information content (AvgIpc) is 2.65. The summed E-state index contributed by atoms with van der Waals surface area (Å²) >= 11 is 0. The van der Waals surface area contributed by atoms with Gasteiger partial charge in [-0.2, -0.15) is 0 Å². The molecule has 31 heavy (non-hydrogen) atoms. The van der Waals surface area contributed by atoms with Crippen molar-refractivity contribution in [1.29, 1.82) is 0 Å². The molecule has 3 nitrogen and oxygen atoms in total. The van der Waals surface area contributed by atoms with Crippen LogP contribution in [0.2, 0.25) is 36.3 Å². The summed E-state index contributed by atoms with van der Waals surface area (Å²) in [6, 6.07) is 15.3. The molecule has 5 heteroatoms. The van der Waals surface area contributed by atoms with Crippen LogP contribution in [0.15, 0.2) is 48.5 Å². The molecule has 0 aliphatic carbocycles. The molecule has 0 aromatic heterocycles. The Balaban J connectivity index is 2.95. The molecule has 0 aliphatic rings. The van der Waals surface area contributed by atoms with Gasteiger partial charge in [-0.05, 0) is 21.2 Å². The summed E-state index contributed by atoms with van der Waals surface area (Å²) in [6.07, 6.45) is 0. The van der Waals surface area contributed by atoms with E-state index < -0.39 is 27.7 Å². The van der Waals surface area contributed by atoms with Gasteiger partial charge in [-0.1, -0.05) is 127 Å². The summed E-state index contributed by atoms with van der Waals surface area (Å²) in [5.41, 5.74) is -1.07. The van der Waals surface area contributed by atoms with E-state index >= 15 is 0 Å². The summed E-state index contributed by atoms with van der Waals surface area (Å²) in [7, 11) is -4.25. The highest BCUT2D eigenvalue weighted by molar-refractivity contribution is 6.93. The summed E-state index contributed by atoms with van der Waals surface area (Å²) in [4.78, 5) is 12.9. The molecule has 2 aromatic rings. The van der Waals surface area contributed by atoms with Gasteiger partial charge in [0.15, 0.2) is 0 Å². The standard InChI is InChI=1S/C26H40O3Si2/c1-24(2,3)30(7,8)21-17-13-11-15-19(21)26(29,23(27)28)20-16-12-14-18-22(20)31(9,10)25(4,5)6/h11-18,29H,1-10H3,(H,27,28). The fourth-order valence-corrected chi connectivity index (χ4v) is 8.39. The molecule has 2 N–H and O–H groups in total. The zero-order valence-corrected chi connectivity index (χ0v) is 22.9. The molecule has 0 fully saturated rings. The third-order valence-corrected chi connectivity index (χ3v) is 19.1. The molecule has 0 unspecified atom stereocenters. The first-order valence-corrected chi connectivity index (χ1v) is 17.1. The highest BCUT2D eigenvalue weighted by Crippen LogP contribution is 2.41. The fraction of sp³-hybridized carbons (Fsp3) is 0.500. The van der Waals surface area contributed by atoms with Gasteiger partial charge in [0, 0.05) is 0 Å². The van der Waals surface area contributed by atoms with E-state index in [1.807, 2.05) is 48.5 Å². The molecule has 0 spiro atoms. The lowest BCUT2D eigenvalue weighted by Gasteiger charge is -2.43. The molecule has 0 radical (unpaired) electrons. The van der Waals surface area contributed by atoms with E-state index in [4.69, 9.17) is 0 Å². The normalized spacial score (nSPS) is 13.9. The van der Waals surface area contributed by atoms with E-state index in [1.165, 1.54) is 0 Å². The number of carboxylic acid groups (broad SMARTS) is 1. The predicted molar refractivity (Wildman–Crippen MR) is 137 cm³/mol. The van der Waals surface area contributed by atoms with Crippen LogP contribution in [-0.4, -0.2) is 32.3 Å². The number of benzene rings is 2. The summed E-state index contributed by atoms with van der Waals surface area (Å²) < 4.78 is 0. The van der Waals surface area contributed by atoms with Gasteiger partial charge in [0.05, 0.1) is 16.1 Å². The van der Waals surface area contributed by atoms with Gasteiger partial charge in [0.1, 0.15) is 0 Å². The minimum absolute atomic E-state index is 0.00145. The van der Waals surface area contributed by atoms with Gasteiger partial charge in [0.25, 0.3) is 0 Å². The zero-order chi connectivity index (χ0) is 24.0. The van der Waals surface area contributed by atoms with Crippen LogP contribution in [0.4, 0.5) is 0 Å². The predicted octanol–water partition coefficient (Wildman–Crippen LogP) is 5.44. The second kappa shape index (κ2) is 8.02. The van der Waals surface area contributed by atoms with Crippen LogP contribution in [0.25, 0.3) is 0 Å². The summed E-state index contributed by atoms with van der Waals surface area (Å²) in [5.74, 6) is -1.22. The number of hydrogen-bond acceptors (Lipinski definition) is 2. The Morgan fingerprint density at radius 3 is 1.23 bits per heavy atom. The number of carbonyl (C=O) groups is 1. The molecule has 2 rings (SSSR count). The molecule has 2 aromatic carbocycles. The molecule has 0 bridgehead atoms. The van der Waals surface area contributed by atoms with E-state index in [9.17, 15) is 15.0 Å². The Bertz CT molecular complexity index is 894. The lowest BCUT2D eigenvalue weighted by Crippen LogP contribution is -2.58. The largest absolute Gasteiger partial charge is 0.479 e. The highest BCUT2D eigenvalue weighted by atomic mass is 28.3. The monoisotopic (exact) mass is 456 g/mol. The average molecular weight is 457 g/mol. The SMILES string of the molecule is CC(C)(C)[Si](C)(C)c1ccccc1C(O)(C(=O)O)c1ccccc1[Si](C)(C)C(C)(C)C. The van der Waals surface area contributed by atoms with Gasteiger partial charge in [0.2, 0.25) is 5.60 Å². The molecule has 0 heterocycles. The molecule has 170 valence electrons. The Hall–Kier alpha value is -1.70. The molecule has 0 amide bonds. The van der Waals surface area contributed by atoms with Crippen molar-refractivity contribution >= 4 is 32.5 Å². The molecule has 0 aliphatic heterocycles. The third-order valence-electron chi connectivity index (χ3n) is 8.04. The van der Waals surface area contributed by atoms with E-state index in [1.54, 1.807) is 0 Å². The van der Waals surface area contributed by atoms with E-state index in [0.29, 0.717) is 11.1 Å². The highest BCUT2D eigenvalue weighted by Gasteiger charge is 2.50. The van der Waals surface area contributed by atoms with Crippen molar-refractivity contribution in [2.24, 2.45) is 0 Å². The van der Waals surface area contributed by atoms with Crippen LogP contribution in [0.1, 0.15) is 52.7 Å². The smallest absolute Gasteiger partial charge is 0.345 e. The van der Waals surface area contributed by atoms with Gasteiger partial charge in [-0.3, -0.25) is 0 Å². The maximum absolute atomic E-state index is 12.9. The zero-order valence-electron chi connectivity index (χ0n) is 20.9. The van der Waals surface area contributed by atoms with E-state index in [0.717, 1.165) is 10.4 Å². The fourth-order valence-electron chi connectivity index (χ4n) is 3.87. The van der Waals surface area contributed by atoms with Crippen molar-refractivity contribution in [2.45, 2.75) is 83.4 Å². The van der Waals surface area contributed by atoms with Gasteiger partial charge >= 0.3 is 5.97 Å². The van der Waals surface area contributed by atoms with Crippen LogP contribution in [0, 0.1) is 0 Å². The first kappa shape index (κ1) is 25.6. The van der Waals surface area contributed by atoms with Crippen molar-refractivity contribution in [2.75, 3.05) is 0 Å². The van der Waals surface area contributed by atoms with Crippen molar-refractivity contribution in [1.82, 2.24) is 0 Å². The number of aliphatic carboxylic acids is 1. The molecule has 0 saturated heterocycles. The molecular weight excluding hydrogens is 416 g/mol. The van der Waals surface area contributed by atoms with Crippen molar-refractivity contribution in [3.05, 3.63) is 59.7 Å². The van der Waals surface area contributed by atoms with Crippen molar-refractivity contribution in [3.63, 3.8) is 0 Å². The third kappa shape index (κ3) is 4.20. The topological polar surface area (TPSA) is 57.5 Å². The first-order valence-electron chi connectivity index (χ1n) is 11.1. The van der Waals surface area contributed by atoms with Crippen LogP contribution in [-0.2, 0) is 10.4 Å². The molecule has 0 atom stereocenters. The van der Waals surface area contributed by atoms with E-state index in [-0.39, 0.29) is 10.1 Å². The second-order valence-electron chi connectivity index (χ2n) is 11.9. The number of aliphatic hydroxyl groups is 1. The van der Waals surface area contributed by atoms with Crippen molar-refractivity contribution in [3.8, 4) is 0 Å². The number of carboxylic acids is 1. The van der Waals surface area contributed by atoms with Crippen LogP contribution in [0.5, 0.6) is 0 Å². The molecular formula is C26H40O3Si2. The first-order chi connectivity index (χ1) is 13.9. The van der Waals surface area contributed by atoms with Crippen LogP contribution >= 0.6 is 0 Å². The van der Waals surface area contributed by atoms with E-state index in [2.05, 4.69) is 67.7 Å². The summed E-state index contributed by atoms with van der Waals surface area (Å²) in [5, 5.41) is 24.6. The lowest BCUT2D eigenvalue weighted by molar-refractivity contribution is -0.154. The van der Waals surface area contributed by atoms with Crippen LogP contribution < -0.4 is 10.4 Å². The van der Waals surface area contributed by atoms with Gasteiger partial charge < -0.3 is 10.2 Å². The Morgan fingerprint density at radius 2 is 0.968 bits per heavy atom. The van der Waals surface area contributed by atoms with Crippen molar-refractivity contribution < 1.29 is 15.0 Å². The Labute approximate surface area is 190 Å². The molecule has 0 saturated carbocycles. The number of hydrogen-bond donors (Lipinski definition) is 2. The van der Waals surface area contributed by atoms with Gasteiger partial charge in [-0.15, -0.1) is 0 Å². The maximum Gasteiger partial charge on any atom is 0.345 e. The minimum atomic E-state index is -2.13. The second-order valence-corrected chi connectivity index (χ2v) is 22.4. The van der Waals surface area contributed by atoms with Gasteiger partial charge in [-0.25, -0.2) is 4.79 Å². The van der Waals surface area contributed by atoms with Crippen LogP contribution in [0.3, 0.4) is 0 Å². The summed E-state index contributed by atoms with van der Waals surface area (Å²) in [6.45, 7) is 22.3. The minimum Gasteiger partial charge on any atom is -0.479 e. The maximum atomic E-state index is 12.9. The lowest BCUT2D eigenvalue weighted by atomic mass is 9.86.